The quantitative estimate of drug-likeness (QED) is 0.444. The number of anilines is 1. The number of nitrogens with zero attached hydrogens (tertiary/aromatic N) is 1. The third kappa shape index (κ3) is 3.11. The number of carbonyl (C=O) groups is 3. The second-order valence-corrected chi connectivity index (χ2v) is 9.63. The molecule has 0 aliphatic carbocycles. The minimum Gasteiger partial charge on any atom is -0.486 e. The summed E-state index contributed by atoms with van der Waals surface area (Å²) in [5.74, 6) is -2.20. The van der Waals surface area contributed by atoms with Crippen molar-refractivity contribution in [1.82, 2.24) is 5.32 Å². The number of benzene rings is 2. The summed E-state index contributed by atoms with van der Waals surface area (Å²) >= 11 is 1.47. The molecule has 3 aromatic rings. The first-order valence-electron chi connectivity index (χ1n) is 11.3. The number of rotatable bonds is 4. The van der Waals surface area contributed by atoms with Gasteiger partial charge in [-0.05, 0) is 29.1 Å². The van der Waals surface area contributed by atoms with Crippen LogP contribution >= 0.6 is 11.3 Å². The van der Waals surface area contributed by atoms with E-state index in [1.54, 1.807) is 42.5 Å². The van der Waals surface area contributed by atoms with E-state index in [9.17, 15) is 14.4 Å². The van der Waals surface area contributed by atoms with Crippen molar-refractivity contribution in [1.29, 1.82) is 0 Å². The number of hydrogen-bond acceptors (Lipinski definition) is 8. The average molecular weight is 491 g/mol. The summed E-state index contributed by atoms with van der Waals surface area (Å²) in [6.45, 7) is 0.818. The molecule has 2 saturated heterocycles. The van der Waals surface area contributed by atoms with Crippen LogP contribution in [-0.4, -0.2) is 38.1 Å². The Balaban J connectivity index is 1.52. The number of carbonyl (C=O) groups excluding carboxylic acids is 3. The molecule has 35 heavy (non-hydrogen) atoms. The van der Waals surface area contributed by atoms with Gasteiger partial charge < -0.3 is 14.2 Å². The molecule has 2 aromatic carbocycles. The number of methoxy groups -OCH3 is 1. The molecule has 3 aliphatic rings. The Morgan fingerprint density at radius 1 is 1.03 bits per heavy atom. The number of nitrogens with one attached hydrogen (secondary N) is 1. The topological polar surface area (TPSA) is 94.2 Å². The number of amides is 2. The summed E-state index contributed by atoms with van der Waals surface area (Å²) in [5.41, 5.74) is -0.563. The van der Waals surface area contributed by atoms with Crippen LogP contribution in [0.15, 0.2) is 66.0 Å². The standard InChI is InChI=1S/C26H22N2O6S/c1-32-25(31)26(15-6-3-2-4-7-15)21-20(22(27-26)19-8-5-13-35-19)23(29)28(24(21)30)16-9-10-17-18(14-16)34-12-11-33-17/h2-10,13-14,20-22,27H,11-12H2,1H3. The minimum absolute atomic E-state index is 0.371. The maximum atomic E-state index is 14.1. The largest absolute Gasteiger partial charge is 0.486 e. The molecule has 9 heteroatoms. The van der Waals surface area contributed by atoms with Crippen LogP contribution in [0.2, 0.25) is 0 Å². The van der Waals surface area contributed by atoms with Crippen LogP contribution < -0.4 is 19.7 Å². The maximum absolute atomic E-state index is 14.1. The first kappa shape index (κ1) is 21.8. The average Bonchev–Trinajstić information content (AvgIpc) is 3.61. The van der Waals surface area contributed by atoms with Crippen LogP contribution in [-0.2, 0) is 24.7 Å². The van der Waals surface area contributed by atoms with E-state index in [1.807, 2.05) is 23.6 Å². The van der Waals surface area contributed by atoms with Gasteiger partial charge in [0.15, 0.2) is 17.0 Å². The Hall–Kier alpha value is -3.69. The van der Waals surface area contributed by atoms with Gasteiger partial charge in [-0.2, -0.15) is 0 Å². The predicted octanol–water partition coefficient (Wildman–Crippen LogP) is 3.04. The van der Waals surface area contributed by atoms with Gasteiger partial charge in [0, 0.05) is 10.9 Å². The fourth-order valence-corrected chi connectivity index (χ4v) is 6.30. The summed E-state index contributed by atoms with van der Waals surface area (Å²) in [6, 6.07) is 17.2. The molecule has 1 N–H and O–H groups in total. The molecule has 2 amide bonds. The van der Waals surface area contributed by atoms with E-state index in [0.29, 0.717) is 36.0 Å². The van der Waals surface area contributed by atoms with Gasteiger partial charge in [0.05, 0.1) is 30.7 Å². The monoisotopic (exact) mass is 490 g/mol. The molecule has 3 aliphatic heterocycles. The second kappa shape index (κ2) is 8.21. The van der Waals surface area contributed by atoms with Crippen LogP contribution in [0.25, 0.3) is 0 Å². The van der Waals surface area contributed by atoms with Crippen LogP contribution in [0.4, 0.5) is 5.69 Å². The summed E-state index contributed by atoms with van der Waals surface area (Å²) in [5, 5.41) is 5.29. The number of esters is 1. The molecule has 178 valence electrons. The van der Waals surface area contributed by atoms with Crippen molar-refractivity contribution < 1.29 is 28.6 Å². The Morgan fingerprint density at radius 3 is 2.51 bits per heavy atom. The third-order valence-electron chi connectivity index (χ3n) is 6.93. The van der Waals surface area contributed by atoms with E-state index < -0.39 is 35.3 Å². The molecule has 0 radical (unpaired) electrons. The van der Waals surface area contributed by atoms with Crippen molar-refractivity contribution >= 4 is 34.8 Å². The highest BCUT2D eigenvalue weighted by Gasteiger charge is 2.70. The second-order valence-electron chi connectivity index (χ2n) is 8.65. The van der Waals surface area contributed by atoms with Crippen molar-refractivity contribution in [3.63, 3.8) is 0 Å². The lowest BCUT2D eigenvalue weighted by Crippen LogP contribution is -2.53. The van der Waals surface area contributed by atoms with Gasteiger partial charge >= 0.3 is 5.97 Å². The van der Waals surface area contributed by atoms with E-state index >= 15 is 0 Å². The molecule has 6 rings (SSSR count). The van der Waals surface area contributed by atoms with E-state index in [2.05, 4.69) is 5.32 Å². The van der Waals surface area contributed by atoms with Crippen LogP contribution in [0.3, 0.4) is 0 Å². The highest BCUT2D eigenvalue weighted by molar-refractivity contribution is 7.10. The maximum Gasteiger partial charge on any atom is 0.331 e. The molecule has 0 bridgehead atoms. The van der Waals surface area contributed by atoms with Gasteiger partial charge in [-0.3, -0.25) is 14.9 Å². The van der Waals surface area contributed by atoms with Crippen molar-refractivity contribution in [3.8, 4) is 11.5 Å². The molecule has 1 aromatic heterocycles. The SMILES string of the molecule is COC(=O)C1(c2ccccc2)NC(c2cccs2)C2C(=O)N(c3ccc4c(c3)OCCO4)C(=O)C21. The molecular weight excluding hydrogens is 468 g/mol. The molecule has 0 saturated carbocycles. The highest BCUT2D eigenvalue weighted by atomic mass is 32.1. The number of thiophene rings is 1. The van der Waals surface area contributed by atoms with Crippen molar-refractivity contribution in [2.24, 2.45) is 11.8 Å². The number of fused-ring (bicyclic) bond motifs is 2. The third-order valence-corrected chi connectivity index (χ3v) is 7.89. The zero-order valence-corrected chi connectivity index (χ0v) is 19.6. The summed E-state index contributed by atoms with van der Waals surface area (Å²) in [6.07, 6.45) is 0. The Morgan fingerprint density at radius 2 is 1.80 bits per heavy atom. The lowest BCUT2D eigenvalue weighted by atomic mass is 9.75. The van der Waals surface area contributed by atoms with Gasteiger partial charge in [0.2, 0.25) is 11.8 Å². The first-order chi connectivity index (χ1) is 17.1. The van der Waals surface area contributed by atoms with E-state index in [4.69, 9.17) is 14.2 Å². The normalized spacial score (nSPS) is 27.1. The smallest absolute Gasteiger partial charge is 0.331 e. The molecule has 4 heterocycles. The van der Waals surface area contributed by atoms with E-state index in [0.717, 1.165) is 4.88 Å². The van der Waals surface area contributed by atoms with Crippen LogP contribution in [0.5, 0.6) is 11.5 Å². The molecular formula is C26H22N2O6S. The Bertz CT molecular complexity index is 1310. The van der Waals surface area contributed by atoms with Gasteiger partial charge in [0.25, 0.3) is 0 Å². The molecule has 8 nitrogen and oxygen atoms in total. The number of ether oxygens (including phenoxy) is 3. The van der Waals surface area contributed by atoms with Crippen molar-refractivity contribution in [2.45, 2.75) is 11.6 Å². The molecule has 4 unspecified atom stereocenters. The van der Waals surface area contributed by atoms with Gasteiger partial charge in [0.1, 0.15) is 13.2 Å². The first-order valence-corrected chi connectivity index (χ1v) is 12.2. The number of imide groups is 1. The van der Waals surface area contributed by atoms with Crippen LogP contribution in [0.1, 0.15) is 16.5 Å². The Kier molecular flexibility index (Phi) is 5.12. The fraction of sp³-hybridized carbons (Fsp3) is 0.269. The van der Waals surface area contributed by atoms with Gasteiger partial charge in [-0.1, -0.05) is 36.4 Å². The summed E-state index contributed by atoms with van der Waals surface area (Å²) in [7, 11) is 1.29. The van der Waals surface area contributed by atoms with Crippen molar-refractivity contribution in [2.75, 3.05) is 25.2 Å². The van der Waals surface area contributed by atoms with E-state index in [-0.39, 0.29) is 5.91 Å². The van der Waals surface area contributed by atoms with E-state index in [1.165, 1.54) is 23.3 Å². The van der Waals surface area contributed by atoms with Gasteiger partial charge in [-0.15, -0.1) is 11.3 Å². The van der Waals surface area contributed by atoms with Crippen molar-refractivity contribution in [3.05, 3.63) is 76.5 Å². The lowest BCUT2D eigenvalue weighted by molar-refractivity contribution is -0.152. The highest BCUT2D eigenvalue weighted by Crippen LogP contribution is 2.55. The molecule has 4 atom stereocenters. The predicted molar refractivity (Wildman–Crippen MR) is 127 cm³/mol. The summed E-state index contributed by atoms with van der Waals surface area (Å²) in [4.78, 5) is 43.6. The number of hydrogen-bond donors (Lipinski definition) is 1. The Labute approximate surface area is 205 Å². The zero-order chi connectivity index (χ0) is 24.2. The minimum atomic E-state index is -1.52. The fourth-order valence-electron chi connectivity index (χ4n) is 5.48. The summed E-state index contributed by atoms with van der Waals surface area (Å²) < 4.78 is 16.5. The lowest BCUT2D eigenvalue weighted by Gasteiger charge is -2.33. The molecule has 0 spiro atoms. The zero-order valence-electron chi connectivity index (χ0n) is 18.8. The van der Waals surface area contributed by atoms with Gasteiger partial charge in [-0.25, -0.2) is 9.69 Å². The molecule has 2 fully saturated rings. The van der Waals surface area contributed by atoms with Crippen LogP contribution in [0, 0.1) is 11.8 Å².